The molecule has 0 saturated carbocycles. The van der Waals surface area contributed by atoms with Crippen molar-refractivity contribution in [3.05, 3.63) is 92.6 Å². The summed E-state index contributed by atoms with van der Waals surface area (Å²) >= 11 is 1.65. The highest BCUT2D eigenvalue weighted by Gasteiger charge is 2.25. The molecule has 2 aromatic heterocycles. The minimum atomic E-state index is -0.200. The summed E-state index contributed by atoms with van der Waals surface area (Å²) in [5.41, 5.74) is 3.51. The first-order valence-electron chi connectivity index (χ1n) is 11.7. The molecule has 4 aromatic rings. The first-order chi connectivity index (χ1) is 16.6. The zero-order valence-electron chi connectivity index (χ0n) is 19.2. The van der Waals surface area contributed by atoms with Gasteiger partial charge in [-0.15, -0.1) is 11.3 Å². The molecular weight excluding hydrogens is 449 g/mol. The van der Waals surface area contributed by atoms with Crippen molar-refractivity contribution in [2.24, 2.45) is 0 Å². The van der Waals surface area contributed by atoms with E-state index in [1.807, 2.05) is 30.3 Å². The van der Waals surface area contributed by atoms with Crippen LogP contribution in [0.5, 0.6) is 5.75 Å². The predicted molar refractivity (Wildman–Crippen MR) is 134 cm³/mol. The lowest BCUT2D eigenvalue weighted by atomic mass is 9.93. The van der Waals surface area contributed by atoms with Gasteiger partial charge in [0.05, 0.1) is 18.8 Å². The molecule has 5 nitrogen and oxygen atoms in total. The van der Waals surface area contributed by atoms with Crippen LogP contribution in [-0.4, -0.2) is 29.2 Å². The highest BCUT2D eigenvalue weighted by Crippen LogP contribution is 2.33. The molecule has 1 unspecified atom stereocenters. The quantitative estimate of drug-likeness (QED) is 0.405. The van der Waals surface area contributed by atoms with Crippen molar-refractivity contribution in [3.63, 3.8) is 0 Å². The van der Waals surface area contributed by atoms with Gasteiger partial charge in [-0.25, -0.2) is 9.37 Å². The number of aryl methyl sites for hydroxylation is 3. The van der Waals surface area contributed by atoms with Crippen molar-refractivity contribution < 1.29 is 9.13 Å². The number of halogens is 1. The standard InChI is InChI=1S/C27H28FN3O2S/c1-33-22-4-2-3-19(15-22)12-14-31-17-30-26-25(27(31)32)23-10-9-21(16-24(23)34-26)29-13-11-18-5-7-20(28)8-6-18/h2-8,15,17,21,29H,9-14,16H2,1H3. The number of ether oxygens (including phenoxy) is 1. The van der Waals surface area contributed by atoms with E-state index in [0.29, 0.717) is 12.6 Å². The maximum atomic E-state index is 13.3. The Hall–Kier alpha value is -3.03. The lowest BCUT2D eigenvalue weighted by Crippen LogP contribution is -2.35. The zero-order valence-corrected chi connectivity index (χ0v) is 20.0. The molecule has 0 bridgehead atoms. The fourth-order valence-corrected chi connectivity index (χ4v) is 5.94. The van der Waals surface area contributed by atoms with Crippen molar-refractivity contribution in [1.29, 1.82) is 0 Å². The van der Waals surface area contributed by atoms with Crippen LogP contribution in [0.3, 0.4) is 0 Å². The minimum Gasteiger partial charge on any atom is -0.497 e. The second-order valence-corrected chi connectivity index (χ2v) is 9.88. The molecule has 0 saturated heterocycles. The maximum Gasteiger partial charge on any atom is 0.262 e. The van der Waals surface area contributed by atoms with Crippen molar-refractivity contribution >= 4 is 21.6 Å². The van der Waals surface area contributed by atoms with Crippen molar-refractivity contribution in [2.75, 3.05) is 13.7 Å². The average Bonchev–Trinajstić information content (AvgIpc) is 3.23. The van der Waals surface area contributed by atoms with Crippen LogP contribution in [-0.2, 0) is 32.2 Å². The van der Waals surface area contributed by atoms with Crippen LogP contribution in [0.4, 0.5) is 4.39 Å². The summed E-state index contributed by atoms with van der Waals surface area (Å²) in [6.45, 7) is 1.44. The van der Waals surface area contributed by atoms with Gasteiger partial charge in [0.2, 0.25) is 0 Å². The Bertz CT molecular complexity index is 1350. The average molecular weight is 478 g/mol. The van der Waals surface area contributed by atoms with E-state index in [0.717, 1.165) is 65.7 Å². The molecule has 5 rings (SSSR count). The van der Waals surface area contributed by atoms with E-state index >= 15 is 0 Å². The van der Waals surface area contributed by atoms with Crippen LogP contribution in [0.2, 0.25) is 0 Å². The molecule has 2 heterocycles. The molecule has 2 aromatic carbocycles. The van der Waals surface area contributed by atoms with Gasteiger partial charge in [-0.1, -0.05) is 24.3 Å². The van der Waals surface area contributed by atoms with Gasteiger partial charge in [0.25, 0.3) is 5.56 Å². The Labute approximate surface area is 202 Å². The molecule has 176 valence electrons. The zero-order chi connectivity index (χ0) is 23.5. The lowest BCUT2D eigenvalue weighted by molar-refractivity contribution is 0.414. The summed E-state index contributed by atoms with van der Waals surface area (Å²) in [5.74, 6) is 0.625. The Kier molecular flexibility index (Phi) is 6.74. The summed E-state index contributed by atoms with van der Waals surface area (Å²) in [6.07, 6.45) is 6.11. The number of benzene rings is 2. The topological polar surface area (TPSA) is 56.2 Å². The number of hydrogen-bond donors (Lipinski definition) is 1. The highest BCUT2D eigenvalue weighted by molar-refractivity contribution is 7.18. The molecule has 1 aliphatic rings. The fraction of sp³-hybridized carbons (Fsp3) is 0.333. The number of aromatic nitrogens is 2. The molecule has 34 heavy (non-hydrogen) atoms. The Morgan fingerprint density at radius 3 is 2.85 bits per heavy atom. The van der Waals surface area contributed by atoms with Crippen molar-refractivity contribution in [1.82, 2.24) is 14.9 Å². The van der Waals surface area contributed by atoms with Crippen LogP contribution in [0.15, 0.2) is 59.7 Å². The van der Waals surface area contributed by atoms with E-state index in [-0.39, 0.29) is 11.4 Å². The predicted octanol–water partition coefficient (Wildman–Crippen LogP) is 4.54. The number of hydrogen-bond acceptors (Lipinski definition) is 5. The van der Waals surface area contributed by atoms with Crippen LogP contribution in [0, 0.1) is 5.82 Å². The molecule has 0 spiro atoms. The number of nitrogens with zero attached hydrogens (tertiary/aromatic N) is 2. The van der Waals surface area contributed by atoms with E-state index in [1.54, 1.807) is 29.3 Å². The summed E-state index contributed by atoms with van der Waals surface area (Å²) in [6, 6.07) is 15.0. The van der Waals surface area contributed by atoms with Crippen molar-refractivity contribution in [2.45, 2.75) is 44.7 Å². The normalized spacial score (nSPS) is 15.4. The second kappa shape index (κ2) is 10.1. The third kappa shape index (κ3) is 4.91. The lowest BCUT2D eigenvalue weighted by Gasteiger charge is -2.23. The van der Waals surface area contributed by atoms with Crippen LogP contribution in [0.1, 0.15) is 28.0 Å². The number of thiophene rings is 1. The third-order valence-electron chi connectivity index (χ3n) is 6.57. The molecule has 1 N–H and O–H groups in total. The smallest absolute Gasteiger partial charge is 0.262 e. The third-order valence-corrected chi connectivity index (χ3v) is 7.73. The Morgan fingerprint density at radius 1 is 1.18 bits per heavy atom. The van der Waals surface area contributed by atoms with Gasteiger partial charge >= 0.3 is 0 Å². The molecule has 0 fully saturated rings. The summed E-state index contributed by atoms with van der Waals surface area (Å²) in [7, 11) is 1.66. The van der Waals surface area contributed by atoms with E-state index in [4.69, 9.17) is 4.74 Å². The minimum absolute atomic E-state index is 0.0631. The molecular formula is C27H28FN3O2S. The molecule has 0 amide bonds. The Balaban J connectivity index is 1.25. The van der Waals surface area contributed by atoms with Crippen LogP contribution < -0.4 is 15.6 Å². The van der Waals surface area contributed by atoms with E-state index < -0.39 is 0 Å². The van der Waals surface area contributed by atoms with Gasteiger partial charge in [-0.05, 0) is 79.6 Å². The number of fused-ring (bicyclic) bond motifs is 3. The van der Waals surface area contributed by atoms with Gasteiger partial charge in [-0.2, -0.15) is 0 Å². The van der Waals surface area contributed by atoms with Gasteiger partial charge in [0, 0.05) is 17.5 Å². The van der Waals surface area contributed by atoms with E-state index in [9.17, 15) is 9.18 Å². The summed E-state index contributed by atoms with van der Waals surface area (Å²) in [4.78, 5) is 20.1. The van der Waals surface area contributed by atoms with Gasteiger partial charge in [-0.3, -0.25) is 9.36 Å². The number of methoxy groups -OCH3 is 1. The first-order valence-corrected chi connectivity index (χ1v) is 12.5. The highest BCUT2D eigenvalue weighted by atomic mass is 32.1. The van der Waals surface area contributed by atoms with Crippen LogP contribution in [0.25, 0.3) is 10.2 Å². The first kappa shape index (κ1) is 22.7. The number of rotatable bonds is 8. The molecule has 0 aliphatic heterocycles. The van der Waals surface area contributed by atoms with Gasteiger partial charge < -0.3 is 10.1 Å². The summed E-state index contributed by atoms with van der Waals surface area (Å²) < 4.78 is 20.1. The molecule has 0 radical (unpaired) electrons. The largest absolute Gasteiger partial charge is 0.497 e. The summed E-state index contributed by atoms with van der Waals surface area (Å²) in [5, 5.41) is 4.45. The van der Waals surface area contributed by atoms with Gasteiger partial charge in [0.1, 0.15) is 16.4 Å². The van der Waals surface area contributed by atoms with Crippen molar-refractivity contribution in [3.8, 4) is 5.75 Å². The maximum absolute atomic E-state index is 13.3. The van der Waals surface area contributed by atoms with Gasteiger partial charge in [0.15, 0.2) is 0 Å². The molecule has 1 aliphatic carbocycles. The molecule has 1 atom stereocenters. The van der Waals surface area contributed by atoms with E-state index in [2.05, 4.69) is 16.4 Å². The van der Waals surface area contributed by atoms with E-state index in [1.165, 1.54) is 22.6 Å². The Morgan fingerprint density at radius 2 is 2.03 bits per heavy atom. The number of nitrogens with one attached hydrogen (secondary N) is 1. The SMILES string of the molecule is COc1cccc(CCn2cnc3sc4c(c3c2=O)CCC(NCCc2ccc(F)cc2)C4)c1. The fourth-order valence-electron chi connectivity index (χ4n) is 4.68. The van der Waals surface area contributed by atoms with Crippen LogP contribution >= 0.6 is 11.3 Å². The second-order valence-electron chi connectivity index (χ2n) is 8.80. The molecule has 7 heteroatoms. The monoisotopic (exact) mass is 477 g/mol.